The van der Waals surface area contributed by atoms with Gasteiger partial charge in [-0.25, -0.2) is 0 Å². The monoisotopic (exact) mass is 403 g/mol. The third-order valence-corrected chi connectivity index (χ3v) is 5.04. The van der Waals surface area contributed by atoms with Crippen molar-refractivity contribution in [1.29, 1.82) is 0 Å². The van der Waals surface area contributed by atoms with Crippen LogP contribution in [0.2, 0.25) is 5.02 Å². The molecule has 0 aromatic heterocycles. The van der Waals surface area contributed by atoms with Crippen LogP contribution in [0.15, 0.2) is 42.5 Å². The van der Waals surface area contributed by atoms with Crippen LogP contribution in [-0.2, 0) is 4.79 Å². The van der Waals surface area contributed by atoms with E-state index >= 15 is 0 Å². The van der Waals surface area contributed by atoms with Gasteiger partial charge in [-0.15, -0.1) is 0 Å². The highest BCUT2D eigenvalue weighted by atomic mass is 35.5. The second kappa shape index (κ2) is 10.4. The van der Waals surface area contributed by atoms with E-state index in [9.17, 15) is 4.79 Å². The Morgan fingerprint density at radius 1 is 1.11 bits per heavy atom. The SMILES string of the molecule is CC[C@@H](Oc1ccc(Cl)c(C)c1)C(=O)N[C@@H](CC(C)C)c1ccc(OC)cc1. The van der Waals surface area contributed by atoms with Crippen LogP contribution in [0, 0.1) is 12.8 Å². The highest BCUT2D eigenvalue weighted by Crippen LogP contribution is 2.25. The molecular weight excluding hydrogens is 374 g/mol. The maximum Gasteiger partial charge on any atom is 0.261 e. The smallest absolute Gasteiger partial charge is 0.261 e. The van der Waals surface area contributed by atoms with Gasteiger partial charge in [0.2, 0.25) is 0 Å². The maximum absolute atomic E-state index is 12.9. The van der Waals surface area contributed by atoms with E-state index in [0.29, 0.717) is 23.1 Å². The molecule has 0 unspecified atom stereocenters. The van der Waals surface area contributed by atoms with Crippen LogP contribution in [0.3, 0.4) is 0 Å². The molecule has 2 aromatic carbocycles. The predicted molar refractivity (Wildman–Crippen MR) is 114 cm³/mol. The first-order valence-electron chi connectivity index (χ1n) is 9.71. The fraction of sp³-hybridized carbons (Fsp3) is 0.435. The fourth-order valence-electron chi connectivity index (χ4n) is 3.03. The van der Waals surface area contributed by atoms with Gasteiger partial charge in [0.25, 0.3) is 5.91 Å². The Morgan fingerprint density at radius 2 is 1.75 bits per heavy atom. The number of amides is 1. The van der Waals surface area contributed by atoms with Gasteiger partial charge in [-0.1, -0.05) is 44.5 Å². The van der Waals surface area contributed by atoms with Gasteiger partial charge in [0.05, 0.1) is 13.2 Å². The molecule has 0 radical (unpaired) electrons. The van der Waals surface area contributed by atoms with Crippen molar-refractivity contribution in [1.82, 2.24) is 5.32 Å². The third-order valence-electron chi connectivity index (χ3n) is 4.61. The molecule has 2 atom stereocenters. The van der Waals surface area contributed by atoms with E-state index in [1.165, 1.54) is 0 Å². The van der Waals surface area contributed by atoms with Crippen LogP contribution in [0.25, 0.3) is 0 Å². The lowest BCUT2D eigenvalue weighted by Gasteiger charge is -2.25. The predicted octanol–water partition coefficient (Wildman–Crippen LogP) is 5.72. The van der Waals surface area contributed by atoms with Crippen molar-refractivity contribution in [2.45, 2.75) is 52.7 Å². The Bertz CT molecular complexity index is 774. The van der Waals surface area contributed by atoms with Crippen LogP contribution < -0.4 is 14.8 Å². The zero-order valence-electron chi connectivity index (χ0n) is 17.3. The topological polar surface area (TPSA) is 47.6 Å². The Labute approximate surface area is 173 Å². The molecule has 0 saturated heterocycles. The summed E-state index contributed by atoms with van der Waals surface area (Å²) in [6, 6.07) is 13.2. The molecule has 0 saturated carbocycles. The van der Waals surface area contributed by atoms with Gasteiger partial charge in [-0.3, -0.25) is 4.79 Å². The Morgan fingerprint density at radius 3 is 2.29 bits per heavy atom. The second-order valence-electron chi connectivity index (χ2n) is 7.39. The average Bonchev–Trinajstić information content (AvgIpc) is 2.67. The zero-order chi connectivity index (χ0) is 20.7. The van der Waals surface area contributed by atoms with Crippen LogP contribution >= 0.6 is 11.6 Å². The van der Waals surface area contributed by atoms with Crippen LogP contribution in [0.5, 0.6) is 11.5 Å². The van der Waals surface area contributed by atoms with Crippen LogP contribution in [0.1, 0.15) is 50.8 Å². The number of methoxy groups -OCH3 is 1. The summed E-state index contributed by atoms with van der Waals surface area (Å²) in [6.07, 6.45) is 0.854. The number of aryl methyl sites for hydroxylation is 1. The summed E-state index contributed by atoms with van der Waals surface area (Å²) in [5.74, 6) is 1.77. The molecule has 2 rings (SSSR count). The molecule has 0 fully saturated rings. The van der Waals surface area contributed by atoms with Crippen molar-refractivity contribution < 1.29 is 14.3 Å². The molecule has 152 valence electrons. The van der Waals surface area contributed by atoms with E-state index in [0.717, 1.165) is 23.3 Å². The van der Waals surface area contributed by atoms with E-state index in [1.54, 1.807) is 19.2 Å². The zero-order valence-corrected chi connectivity index (χ0v) is 18.0. The van der Waals surface area contributed by atoms with E-state index in [1.807, 2.05) is 44.2 Å². The van der Waals surface area contributed by atoms with Gasteiger partial charge in [-0.05, 0) is 67.1 Å². The van der Waals surface area contributed by atoms with E-state index in [2.05, 4.69) is 19.2 Å². The van der Waals surface area contributed by atoms with E-state index < -0.39 is 6.10 Å². The Hall–Kier alpha value is -2.20. The molecule has 0 bridgehead atoms. The van der Waals surface area contributed by atoms with Gasteiger partial charge in [-0.2, -0.15) is 0 Å². The molecule has 0 aliphatic heterocycles. The lowest BCUT2D eigenvalue weighted by atomic mass is 9.96. The van der Waals surface area contributed by atoms with Crippen molar-refractivity contribution in [3.05, 3.63) is 58.6 Å². The molecule has 4 nitrogen and oxygen atoms in total. The van der Waals surface area contributed by atoms with Crippen molar-refractivity contribution >= 4 is 17.5 Å². The molecule has 0 heterocycles. The lowest BCUT2D eigenvalue weighted by molar-refractivity contribution is -0.129. The molecule has 1 amide bonds. The van der Waals surface area contributed by atoms with Crippen molar-refractivity contribution in [3.8, 4) is 11.5 Å². The maximum atomic E-state index is 12.9. The highest BCUT2D eigenvalue weighted by molar-refractivity contribution is 6.31. The number of carbonyl (C=O) groups excluding carboxylic acids is 1. The first kappa shape index (κ1) is 22.1. The molecule has 0 spiro atoms. The average molecular weight is 404 g/mol. The number of ether oxygens (including phenoxy) is 2. The number of hydrogen-bond donors (Lipinski definition) is 1. The van der Waals surface area contributed by atoms with E-state index in [-0.39, 0.29) is 11.9 Å². The number of benzene rings is 2. The van der Waals surface area contributed by atoms with Crippen molar-refractivity contribution in [3.63, 3.8) is 0 Å². The van der Waals surface area contributed by atoms with Gasteiger partial charge in [0.15, 0.2) is 6.10 Å². The largest absolute Gasteiger partial charge is 0.497 e. The third kappa shape index (κ3) is 6.16. The summed E-state index contributed by atoms with van der Waals surface area (Å²) in [6.45, 7) is 8.15. The van der Waals surface area contributed by atoms with E-state index in [4.69, 9.17) is 21.1 Å². The van der Waals surface area contributed by atoms with Crippen molar-refractivity contribution in [2.24, 2.45) is 5.92 Å². The Kier molecular flexibility index (Phi) is 8.18. The minimum atomic E-state index is -0.562. The van der Waals surface area contributed by atoms with Gasteiger partial charge < -0.3 is 14.8 Å². The summed E-state index contributed by atoms with van der Waals surface area (Å²) in [5.41, 5.74) is 1.98. The molecule has 0 aliphatic rings. The Balaban J connectivity index is 2.13. The molecule has 5 heteroatoms. The lowest BCUT2D eigenvalue weighted by Crippen LogP contribution is -2.40. The number of carbonyl (C=O) groups is 1. The first-order valence-corrected chi connectivity index (χ1v) is 10.1. The minimum Gasteiger partial charge on any atom is -0.497 e. The summed E-state index contributed by atoms with van der Waals surface area (Å²) in [5, 5.41) is 3.85. The summed E-state index contributed by atoms with van der Waals surface area (Å²) in [4.78, 5) is 12.9. The van der Waals surface area contributed by atoms with Crippen LogP contribution in [-0.4, -0.2) is 19.1 Å². The number of rotatable bonds is 9. The van der Waals surface area contributed by atoms with Gasteiger partial charge in [0.1, 0.15) is 11.5 Å². The summed E-state index contributed by atoms with van der Waals surface area (Å²) >= 11 is 6.08. The number of nitrogens with one attached hydrogen (secondary N) is 1. The molecule has 28 heavy (non-hydrogen) atoms. The molecule has 1 N–H and O–H groups in total. The highest BCUT2D eigenvalue weighted by Gasteiger charge is 2.23. The number of halogens is 1. The fourth-order valence-corrected chi connectivity index (χ4v) is 3.15. The first-order chi connectivity index (χ1) is 13.3. The molecule has 0 aliphatic carbocycles. The quantitative estimate of drug-likeness (QED) is 0.582. The standard InChI is InChI=1S/C23H30ClNO3/c1-6-22(28-19-11-12-20(24)16(4)14-19)23(26)25-21(13-15(2)3)17-7-9-18(27-5)10-8-17/h7-12,14-15,21-22H,6,13H2,1-5H3,(H,25,26)/t21-,22+/m0/s1. The normalized spacial score (nSPS) is 13.1. The molecular formula is C23H30ClNO3. The molecule has 2 aromatic rings. The van der Waals surface area contributed by atoms with Gasteiger partial charge in [0, 0.05) is 5.02 Å². The minimum absolute atomic E-state index is 0.0805. The van der Waals surface area contributed by atoms with Crippen LogP contribution in [0.4, 0.5) is 0 Å². The summed E-state index contributed by atoms with van der Waals surface area (Å²) in [7, 11) is 1.64. The van der Waals surface area contributed by atoms with Gasteiger partial charge >= 0.3 is 0 Å². The summed E-state index contributed by atoms with van der Waals surface area (Å²) < 4.78 is 11.2. The second-order valence-corrected chi connectivity index (χ2v) is 7.80. The number of hydrogen-bond acceptors (Lipinski definition) is 3. The van der Waals surface area contributed by atoms with Crippen molar-refractivity contribution in [2.75, 3.05) is 7.11 Å².